The van der Waals surface area contributed by atoms with Gasteiger partial charge in [-0.15, -0.1) is 0 Å². The predicted octanol–water partition coefficient (Wildman–Crippen LogP) is 2.22. The summed E-state index contributed by atoms with van der Waals surface area (Å²) < 4.78 is 0. The second-order valence-electron chi connectivity index (χ2n) is 3.60. The lowest BCUT2D eigenvalue weighted by Crippen LogP contribution is -1.89. The highest BCUT2D eigenvalue weighted by atomic mass is 16.2. The van der Waals surface area contributed by atoms with Gasteiger partial charge in [-0.05, 0) is 36.5 Å². The first-order valence-electron chi connectivity index (χ1n) is 5.73. The number of hydrogen-bond acceptors (Lipinski definition) is 4. The number of Topliss-reactive ketones (excluding diaryl/α,β-unsaturated/α-hetero) is 1. The summed E-state index contributed by atoms with van der Waals surface area (Å²) in [6, 6.07) is 0. The van der Waals surface area contributed by atoms with Crippen molar-refractivity contribution in [3.8, 4) is 0 Å². The molecule has 4 heteroatoms. The van der Waals surface area contributed by atoms with Gasteiger partial charge in [-0.2, -0.15) is 0 Å². The van der Waals surface area contributed by atoms with E-state index in [9.17, 15) is 14.4 Å². The number of carbonyl (C=O) groups excluding carboxylic acids is 4. The Kier molecular flexibility index (Phi) is 12.0. The molecule has 0 aromatic rings. The predicted molar refractivity (Wildman–Crippen MR) is 70.2 cm³/mol. The van der Waals surface area contributed by atoms with Gasteiger partial charge in [0.25, 0.3) is 0 Å². The van der Waals surface area contributed by atoms with E-state index in [-0.39, 0.29) is 6.29 Å². The van der Waals surface area contributed by atoms with Crippen molar-refractivity contribution >= 4 is 24.6 Å². The van der Waals surface area contributed by atoms with E-state index >= 15 is 0 Å². The molecule has 0 saturated carbocycles. The van der Waals surface area contributed by atoms with Crippen LogP contribution in [0.4, 0.5) is 0 Å². The van der Waals surface area contributed by atoms with Crippen LogP contribution < -0.4 is 0 Å². The molecule has 0 fully saturated rings. The first-order valence-corrected chi connectivity index (χ1v) is 5.73. The zero-order valence-corrected chi connectivity index (χ0v) is 11.4. The highest BCUT2D eigenvalue weighted by Crippen LogP contribution is 2.10. The van der Waals surface area contributed by atoms with Gasteiger partial charge in [0, 0.05) is 6.92 Å². The molecule has 0 saturated heterocycles. The number of rotatable bonds is 6. The fourth-order valence-electron chi connectivity index (χ4n) is 1.05. The summed E-state index contributed by atoms with van der Waals surface area (Å²) >= 11 is 0. The molecule has 0 aromatic carbocycles. The normalized spacial score (nSPS) is 11.7. The molecule has 0 rings (SSSR count). The second-order valence-corrected chi connectivity index (χ2v) is 3.60. The molecule has 0 radical (unpaired) electrons. The lowest BCUT2D eigenvalue weighted by molar-refractivity contribution is -0.128. The Morgan fingerprint density at radius 1 is 0.889 bits per heavy atom. The molecule has 0 unspecified atom stereocenters. The topological polar surface area (TPSA) is 68.3 Å². The number of ketones is 1. The minimum atomic E-state index is -0.426. The number of allylic oxidation sites excluding steroid dienone is 4. The third-order valence-corrected chi connectivity index (χ3v) is 2.16. The zero-order chi connectivity index (χ0) is 14.6. The van der Waals surface area contributed by atoms with Crippen LogP contribution in [-0.4, -0.2) is 24.6 Å². The van der Waals surface area contributed by atoms with Gasteiger partial charge in [0.1, 0.15) is 12.6 Å². The van der Waals surface area contributed by atoms with Crippen LogP contribution in [0.15, 0.2) is 22.8 Å². The smallest absolute Gasteiger partial charge is 0.192 e. The van der Waals surface area contributed by atoms with E-state index in [4.69, 9.17) is 4.79 Å². The molecule has 0 aromatic heterocycles. The van der Waals surface area contributed by atoms with Crippen molar-refractivity contribution in [3.05, 3.63) is 22.8 Å². The van der Waals surface area contributed by atoms with Crippen LogP contribution in [0, 0.1) is 0 Å². The largest absolute Gasteiger partial charge is 0.298 e. The molecule has 0 aliphatic carbocycles. The monoisotopic (exact) mass is 252 g/mol. The second kappa shape index (κ2) is 11.6. The van der Waals surface area contributed by atoms with E-state index in [2.05, 4.69) is 0 Å². The Morgan fingerprint density at radius 3 is 1.61 bits per heavy atom. The molecule has 0 bridgehead atoms. The Labute approximate surface area is 108 Å². The summed E-state index contributed by atoms with van der Waals surface area (Å²) in [6.45, 7) is 6.91. The quantitative estimate of drug-likeness (QED) is 0.314. The van der Waals surface area contributed by atoms with Crippen molar-refractivity contribution in [1.82, 2.24) is 0 Å². The molecule has 4 nitrogen and oxygen atoms in total. The van der Waals surface area contributed by atoms with Crippen molar-refractivity contribution in [2.24, 2.45) is 0 Å². The van der Waals surface area contributed by atoms with Crippen LogP contribution in [0.1, 0.15) is 40.5 Å². The Bertz CT molecular complexity index is 362. The Morgan fingerprint density at radius 2 is 1.39 bits per heavy atom. The first kappa shape index (κ1) is 18.5. The fraction of sp³-hybridized carbons (Fsp3) is 0.429. The van der Waals surface area contributed by atoms with Crippen LogP contribution in [-0.2, 0) is 19.2 Å². The van der Waals surface area contributed by atoms with Crippen molar-refractivity contribution in [3.63, 3.8) is 0 Å². The molecule has 0 N–H and O–H groups in total. The first-order chi connectivity index (χ1) is 8.46. The van der Waals surface area contributed by atoms with E-state index in [1.807, 2.05) is 20.8 Å². The summed E-state index contributed by atoms with van der Waals surface area (Å²) in [5.74, 6) is -0.426. The van der Waals surface area contributed by atoms with E-state index in [0.29, 0.717) is 12.8 Å². The van der Waals surface area contributed by atoms with Gasteiger partial charge in [-0.3, -0.25) is 19.2 Å². The zero-order valence-electron chi connectivity index (χ0n) is 11.4. The minimum absolute atomic E-state index is 0.278. The van der Waals surface area contributed by atoms with Crippen molar-refractivity contribution in [2.75, 3.05) is 0 Å². The molecule has 0 aliphatic heterocycles. The Hall–Kier alpha value is -1.84. The van der Waals surface area contributed by atoms with Crippen LogP contribution in [0.3, 0.4) is 0 Å². The van der Waals surface area contributed by atoms with Crippen molar-refractivity contribution in [2.45, 2.75) is 40.5 Å². The Balaban J connectivity index is 0. The summed E-state index contributed by atoms with van der Waals surface area (Å²) in [4.78, 5) is 39.7. The average Bonchev–Trinajstić information content (AvgIpc) is 2.37. The summed E-state index contributed by atoms with van der Waals surface area (Å²) in [5.41, 5.74) is 2.37. The van der Waals surface area contributed by atoms with Gasteiger partial charge in [-0.25, -0.2) is 0 Å². The van der Waals surface area contributed by atoms with Gasteiger partial charge in [-0.1, -0.05) is 19.9 Å². The van der Waals surface area contributed by atoms with E-state index in [1.54, 1.807) is 6.08 Å². The van der Waals surface area contributed by atoms with E-state index < -0.39 is 5.78 Å². The third kappa shape index (κ3) is 9.39. The van der Waals surface area contributed by atoms with Crippen molar-refractivity contribution < 1.29 is 19.2 Å². The van der Waals surface area contributed by atoms with Crippen LogP contribution >= 0.6 is 0 Å². The molecule has 18 heavy (non-hydrogen) atoms. The van der Waals surface area contributed by atoms with Crippen molar-refractivity contribution in [1.29, 1.82) is 0 Å². The average molecular weight is 252 g/mol. The molecule has 0 amide bonds. The molecule has 0 atom stereocenters. The van der Waals surface area contributed by atoms with Gasteiger partial charge in [0.05, 0.1) is 0 Å². The third-order valence-electron chi connectivity index (χ3n) is 2.16. The SMILES string of the molecule is CC(=O)C=O.CCC(C=O)=CC(C)=C(C=O)CC. The molecular formula is C14H20O4. The fourth-order valence-corrected chi connectivity index (χ4v) is 1.05. The minimum Gasteiger partial charge on any atom is -0.298 e. The van der Waals surface area contributed by atoms with E-state index in [0.717, 1.165) is 29.3 Å². The molecule has 0 aliphatic rings. The van der Waals surface area contributed by atoms with Crippen LogP contribution in [0.2, 0.25) is 0 Å². The summed E-state index contributed by atoms with van der Waals surface area (Å²) in [5, 5.41) is 0. The summed E-state index contributed by atoms with van der Waals surface area (Å²) in [6.07, 6.45) is 5.16. The van der Waals surface area contributed by atoms with E-state index in [1.165, 1.54) is 6.92 Å². The van der Waals surface area contributed by atoms with Gasteiger partial charge in [0.15, 0.2) is 12.1 Å². The van der Waals surface area contributed by atoms with Gasteiger partial charge in [0.2, 0.25) is 0 Å². The maximum atomic E-state index is 10.6. The maximum absolute atomic E-state index is 10.6. The van der Waals surface area contributed by atoms with Crippen LogP contribution in [0.25, 0.3) is 0 Å². The lowest BCUT2D eigenvalue weighted by atomic mass is 10.1. The summed E-state index contributed by atoms with van der Waals surface area (Å²) in [7, 11) is 0. The number of hydrogen-bond donors (Lipinski definition) is 0. The maximum Gasteiger partial charge on any atom is 0.192 e. The van der Waals surface area contributed by atoms with Gasteiger partial charge < -0.3 is 0 Å². The number of aldehydes is 3. The molecule has 0 heterocycles. The molecule has 100 valence electrons. The standard InChI is InChI=1S/C11H16O2.C3H4O2/c1-4-10(7-12)6-9(3)11(5-2)8-13;1-3(5)2-4/h6-8H,4-5H2,1-3H3;2H,1H3. The lowest BCUT2D eigenvalue weighted by Gasteiger charge is -1.99. The van der Waals surface area contributed by atoms with Crippen LogP contribution in [0.5, 0.6) is 0 Å². The number of carbonyl (C=O) groups is 4. The molecular weight excluding hydrogens is 232 g/mol. The highest BCUT2D eigenvalue weighted by molar-refractivity contribution is 6.23. The highest BCUT2D eigenvalue weighted by Gasteiger charge is 1.97. The van der Waals surface area contributed by atoms with Gasteiger partial charge >= 0.3 is 0 Å². The molecule has 0 spiro atoms.